The molecule has 0 spiro atoms. The molecule has 0 saturated carbocycles. The van der Waals surface area contributed by atoms with E-state index in [4.69, 9.17) is 17.3 Å². The van der Waals surface area contributed by atoms with Gasteiger partial charge >= 0.3 is 0 Å². The average molecular weight is 257 g/mol. The van der Waals surface area contributed by atoms with Gasteiger partial charge in [0.05, 0.1) is 0 Å². The van der Waals surface area contributed by atoms with Gasteiger partial charge in [-0.1, -0.05) is 25.4 Å². The number of rotatable bonds is 4. The van der Waals surface area contributed by atoms with Crippen molar-refractivity contribution in [2.24, 2.45) is 11.1 Å². The van der Waals surface area contributed by atoms with E-state index in [1.807, 2.05) is 13.8 Å². The van der Waals surface area contributed by atoms with Gasteiger partial charge in [0.1, 0.15) is 5.15 Å². The molecule has 94 valence electrons. The molecule has 1 aromatic heterocycles. The lowest BCUT2D eigenvalue weighted by Crippen LogP contribution is -2.33. The van der Waals surface area contributed by atoms with Gasteiger partial charge in [-0.25, -0.2) is 9.97 Å². The molecule has 0 saturated heterocycles. The standard InChI is InChI=1S/C11H17ClN4O/c1-7-6-8(12)15-10(14-7)16-9(17)11(2,3)4-5-13/h6H,4-5,13H2,1-3H3,(H,14,15,16,17). The van der Waals surface area contributed by atoms with E-state index in [2.05, 4.69) is 15.3 Å². The van der Waals surface area contributed by atoms with Gasteiger partial charge in [0.25, 0.3) is 0 Å². The Labute approximate surface area is 106 Å². The van der Waals surface area contributed by atoms with Gasteiger partial charge in [0.2, 0.25) is 11.9 Å². The molecule has 0 aliphatic rings. The van der Waals surface area contributed by atoms with Crippen LogP contribution >= 0.6 is 11.6 Å². The zero-order valence-electron chi connectivity index (χ0n) is 10.2. The van der Waals surface area contributed by atoms with E-state index in [0.717, 1.165) is 0 Å². The smallest absolute Gasteiger partial charge is 0.232 e. The van der Waals surface area contributed by atoms with Crippen molar-refractivity contribution >= 4 is 23.5 Å². The van der Waals surface area contributed by atoms with E-state index < -0.39 is 5.41 Å². The third kappa shape index (κ3) is 3.94. The zero-order chi connectivity index (χ0) is 13.1. The molecule has 0 aliphatic carbocycles. The minimum atomic E-state index is -0.547. The average Bonchev–Trinajstić information content (AvgIpc) is 2.15. The molecule has 1 aromatic rings. The molecule has 0 radical (unpaired) electrons. The third-order valence-corrected chi connectivity index (χ3v) is 2.63. The predicted octanol–water partition coefficient (Wildman–Crippen LogP) is 1.75. The Bertz CT molecular complexity index is 400. The van der Waals surface area contributed by atoms with E-state index in [0.29, 0.717) is 23.8 Å². The number of nitrogens with two attached hydrogens (primary N) is 1. The molecule has 0 bridgehead atoms. The first-order chi connectivity index (χ1) is 7.85. The van der Waals surface area contributed by atoms with Gasteiger partial charge in [0.15, 0.2) is 0 Å². The number of aromatic nitrogens is 2. The number of carbonyl (C=O) groups excluding carboxylic acids is 1. The number of hydrogen-bond acceptors (Lipinski definition) is 4. The molecule has 1 heterocycles. The number of anilines is 1. The molecule has 0 atom stereocenters. The molecular formula is C11H17ClN4O. The van der Waals surface area contributed by atoms with E-state index in [1.165, 1.54) is 0 Å². The fourth-order valence-electron chi connectivity index (χ4n) is 1.33. The van der Waals surface area contributed by atoms with Crippen molar-refractivity contribution in [1.82, 2.24) is 9.97 Å². The van der Waals surface area contributed by atoms with Crippen LogP contribution in [0.5, 0.6) is 0 Å². The number of halogens is 1. The molecule has 0 fully saturated rings. The predicted molar refractivity (Wildman–Crippen MR) is 67.9 cm³/mol. The SMILES string of the molecule is Cc1cc(Cl)nc(NC(=O)C(C)(C)CCN)n1. The molecule has 0 unspecified atom stereocenters. The van der Waals surface area contributed by atoms with Gasteiger partial charge in [-0.05, 0) is 26.0 Å². The molecular weight excluding hydrogens is 240 g/mol. The molecule has 17 heavy (non-hydrogen) atoms. The summed E-state index contributed by atoms with van der Waals surface area (Å²) in [4.78, 5) is 20.0. The lowest BCUT2D eigenvalue weighted by Gasteiger charge is -2.22. The van der Waals surface area contributed by atoms with Crippen LogP contribution in [-0.2, 0) is 4.79 Å². The number of carbonyl (C=O) groups is 1. The van der Waals surface area contributed by atoms with Crippen molar-refractivity contribution < 1.29 is 4.79 Å². The van der Waals surface area contributed by atoms with Crippen molar-refractivity contribution in [3.63, 3.8) is 0 Å². The quantitative estimate of drug-likeness (QED) is 0.805. The molecule has 6 heteroatoms. The van der Waals surface area contributed by atoms with E-state index in [1.54, 1.807) is 13.0 Å². The summed E-state index contributed by atoms with van der Waals surface area (Å²) in [6, 6.07) is 1.63. The van der Waals surface area contributed by atoms with E-state index in [-0.39, 0.29) is 11.9 Å². The van der Waals surface area contributed by atoms with Gasteiger partial charge < -0.3 is 5.73 Å². The monoisotopic (exact) mass is 256 g/mol. The van der Waals surface area contributed by atoms with Crippen molar-refractivity contribution in [2.45, 2.75) is 27.2 Å². The topological polar surface area (TPSA) is 80.9 Å². The summed E-state index contributed by atoms with van der Waals surface area (Å²) in [5.74, 6) is 0.0645. The summed E-state index contributed by atoms with van der Waals surface area (Å²) in [6.45, 7) is 5.89. The highest BCUT2D eigenvalue weighted by Gasteiger charge is 2.27. The van der Waals surface area contributed by atoms with Gasteiger partial charge in [0, 0.05) is 11.1 Å². The van der Waals surface area contributed by atoms with Crippen molar-refractivity contribution in [3.8, 4) is 0 Å². The van der Waals surface area contributed by atoms with Crippen LogP contribution in [0.2, 0.25) is 5.15 Å². The largest absolute Gasteiger partial charge is 0.330 e. The Morgan fingerprint density at radius 1 is 1.53 bits per heavy atom. The van der Waals surface area contributed by atoms with Crippen molar-refractivity contribution in [2.75, 3.05) is 11.9 Å². The summed E-state index contributed by atoms with van der Waals surface area (Å²) in [5.41, 5.74) is 5.62. The van der Waals surface area contributed by atoms with Crippen LogP contribution in [0.4, 0.5) is 5.95 Å². The Hall–Kier alpha value is -1.20. The minimum Gasteiger partial charge on any atom is -0.330 e. The Morgan fingerprint density at radius 3 is 2.71 bits per heavy atom. The minimum absolute atomic E-state index is 0.162. The molecule has 1 rings (SSSR count). The fraction of sp³-hybridized carbons (Fsp3) is 0.545. The van der Waals surface area contributed by atoms with Gasteiger partial charge in [-0.2, -0.15) is 0 Å². The molecule has 0 aliphatic heterocycles. The summed E-state index contributed by atoms with van der Waals surface area (Å²) < 4.78 is 0. The zero-order valence-corrected chi connectivity index (χ0v) is 11.0. The van der Waals surface area contributed by atoms with Crippen LogP contribution in [0, 0.1) is 12.3 Å². The maximum atomic E-state index is 12.0. The highest BCUT2D eigenvalue weighted by molar-refractivity contribution is 6.29. The van der Waals surface area contributed by atoms with Crippen LogP contribution in [0.15, 0.2) is 6.07 Å². The molecule has 3 N–H and O–H groups in total. The fourth-order valence-corrected chi connectivity index (χ4v) is 1.57. The number of nitrogens with one attached hydrogen (secondary N) is 1. The molecule has 5 nitrogen and oxygen atoms in total. The van der Waals surface area contributed by atoms with Crippen LogP contribution in [0.3, 0.4) is 0 Å². The van der Waals surface area contributed by atoms with Crippen molar-refractivity contribution in [1.29, 1.82) is 0 Å². The second kappa shape index (κ2) is 5.42. The lowest BCUT2D eigenvalue weighted by atomic mass is 9.88. The summed E-state index contributed by atoms with van der Waals surface area (Å²) >= 11 is 5.79. The summed E-state index contributed by atoms with van der Waals surface area (Å²) in [6.07, 6.45) is 0.596. The first-order valence-electron chi connectivity index (χ1n) is 5.38. The van der Waals surface area contributed by atoms with Crippen LogP contribution in [0.25, 0.3) is 0 Å². The first kappa shape index (κ1) is 13.9. The number of aryl methyl sites for hydroxylation is 1. The summed E-state index contributed by atoms with van der Waals surface area (Å²) in [7, 11) is 0. The Morgan fingerprint density at radius 2 is 2.18 bits per heavy atom. The highest BCUT2D eigenvalue weighted by Crippen LogP contribution is 2.21. The van der Waals surface area contributed by atoms with Crippen LogP contribution < -0.4 is 11.1 Å². The van der Waals surface area contributed by atoms with Crippen molar-refractivity contribution in [3.05, 3.63) is 16.9 Å². The van der Waals surface area contributed by atoms with Gasteiger partial charge in [-0.3, -0.25) is 10.1 Å². The molecule has 1 amide bonds. The maximum absolute atomic E-state index is 12.0. The number of amides is 1. The normalized spacial score (nSPS) is 11.4. The lowest BCUT2D eigenvalue weighted by molar-refractivity contribution is -0.124. The first-order valence-corrected chi connectivity index (χ1v) is 5.75. The van der Waals surface area contributed by atoms with Crippen LogP contribution in [0.1, 0.15) is 26.0 Å². The Kier molecular flexibility index (Phi) is 4.42. The summed E-state index contributed by atoms with van der Waals surface area (Å²) in [5, 5.41) is 2.96. The number of nitrogens with zero attached hydrogens (tertiary/aromatic N) is 2. The second-order valence-electron chi connectivity index (χ2n) is 4.53. The van der Waals surface area contributed by atoms with Crippen LogP contribution in [-0.4, -0.2) is 22.4 Å². The Balaban J connectivity index is 2.80. The van der Waals surface area contributed by atoms with Gasteiger partial charge in [-0.15, -0.1) is 0 Å². The maximum Gasteiger partial charge on any atom is 0.232 e. The highest BCUT2D eigenvalue weighted by atomic mass is 35.5. The second-order valence-corrected chi connectivity index (χ2v) is 4.92. The van der Waals surface area contributed by atoms with E-state index >= 15 is 0 Å². The number of hydrogen-bond donors (Lipinski definition) is 2. The third-order valence-electron chi connectivity index (χ3n) is 2.43. The molecule has 0 aromatic carbocycles. The van der Waals surface area contributed by atoms with E-state index in [9.17, 15) is 4.79 Å².